The summed E-state index contributed by atoms with van der Waals surface area (Å²) < 4.78 is 2.40. The third-order valence-electron chi connectivity index (χ3n) is 10.4. The molecule has 0 saturated heterocycles. The van der Waals surface area contributed by atoms with Crippen molar-refractivity contribution < 1.29 is 0 Å². The Bertz CT molecular complexity index is 2880. The predicted octanol–water partition coefficient (Wildman–Crippen LogP) is 13.9. The molecule has 2 heteroatoms. The third-order valence-corrected chi connectivity index (χ3v) is 10.4. The summed E-state index contributed by atoms with van der Waals surface area (Å²) in [5.41, 5.74) is 11.8. The fraction of sp³-hybridized carbons (Fsp3) is 0. The lowest BCUT2D eigenvalue weighted by molar-refractivity contribution is 1.19. The van der Waals surface area contributed by atoms with Gasteiger partial charge < -0.3 is 9.47 Å². The number of hydrogen-bond acceptors (Lipinski definition) is 1. The number of anilines is 3. The quantitative estimate of drug-likeness (QED) is 0.172. The zero-order valence-electron chi connectivity index (χ0n) is 28.5. The molecule has 0 aliphatic rings. The number of nitrogens with zero attached hydrogens (tertiary/aromatic N) is 2. The van der Waals surface area contributed by atoms with Crippen LogP contribution in [0.3, 0.4) is 0 Å². The molecule has 0 bridgehead atoms. The zero-order chi connectivity index (χ0) is 34.4. The second-order valence-electron chi connectivity index (χ2n) is 13.4. The van der Waals surface area contributed by atoms with E-state index in [9.17, 15) is 0 Å². The second-order valence-corrected chi connectivity index (χ2v) is 13.4. The van der Waals surface area contributed by atoms with Gasteiger partial charge in [0.05, 0.1) is 11.0 Å². The zero-order valence-corrected chi connectivity index (χ0v) is 28.5. The SMILES string of the molecule is c1ccc(N(c2ccc(-c3ccc4c(c3)c3ccccc3n4-c3ccc4ccccc4c3)cc2)c2ccc(-c3cccc4ccccc34)cc2)cc1. The molecule has 0 radical (unpaired) electrons. The molecule has 0 N–H and O–H groups in total. The molecule has 0 saturated carbocycles. The first-order valence-electron chi connectivity index (χ1n) is 17.8. The highest BCUT2D eigenvalue weighted by Gasteiger charge is 2.16. The number of rotatable bonds is 6. The van der Waals surface area contributed by atoms with E-state index in [1.807, 2.05) is 0 Å². The van der Waals surface area contributed by atoms with Crippen molar-refractivity contribution in [3.63, 3.8) is 0 Å². The average Bonchev–Trinajstić information content (AvgIpc) is 3.55. The average molecular weight is 663 g/mol. The number of hydrogen-bond donors (Lipinski definition) is 0. The maximum atomic E-state index is 2.40. The molecule has 0 aliphatic carbocycles. The van der Waals surface area contributed by atoms with Crippen LogP contribution in [-0.4, -0.2) is 4.57 Å². The molecule has 0 amide bonds. The lowest BCUT2D eigenvalue weighted by Gasteiger charge is -2.26. The van der Waals surface area contributed by atoms with Crippen molar-refractivity contribution in [2.45, 2.75) is 0 Å². The highest BCUT2D eigenvalue weighted by molar-refractivity contribution is 6.10. The van der Waals surface area contributed by atoms with Crippen LogP contribution in [0.4, 0.5) is 17.1 Å². The Hall–Kier alpha value is -6.90. The van der Waals surface area contributed by atoms with Gasteiger partial charge in [-0.2, -0.15) is 0 Å². The van der Waals surface area contributed by atoms with E-state index in [1.165, 1.54) is 71.3 Å². The van der Waals surface area contributed by atoms with Gasteiger partial charge in [0.1, 0.15) is 0 Å². The smallest absolute Gasteiger partial charge is 0.0541 e. The summed E-state index contributed by atoms with van der Waals surface area (Å²) in [6.45, 7) is 0. The first-order valence-corrected chi connectivity index (χ1v) is 17.8. The third kappa shape index (κ3) is 5.12. The minimum atomic E-state index is 1.11. The molecule has 0 fully saturated rings. The van der Waals surface area contributed by atoms with Gasteiger partial charge in [0.15, 0.2) is 0 Å². The van der Waals surface area contributed by atoms with Crippen molar-refractivity contribution in [2.24, 2.45) is 0 Å². The maximum absolute atomic E-state index is 2.40. The Morgan fingerprint density at radius 3 is 1.67 bits per heavy atom. The van der Waals surface area contributed by atoms with Crippen LogP contribution in [-0.2, 0) is 0 Å². The van der Waals surface area contributed by atoms with E-state index in [-0.39, 0.29) is 0 Å². The first kappa shape index (κ1) is 30.0. The summed E-state index contributed by atoms with van der Waals surface area (Å²) >= 11 is 0. The molecule has 2 nitrogen and oxygen atoms in total. The van der Waals surface area contributed by atoms with Gasteiger partial charge in [-0.05, 0) is 111 Å². The topological polar surface area (TPSA) is 8.17 Å². The Balaban J connectivity index is 1.02. The molecule has 0 aliphatic heterocycles. The fourth-order valence-corrected chi connectivity index (χ4v) is 7.84. The van der Waals surface area contributed by atoms with Gasteiger partial charge in [-0.3, -0.25) is 0 Å². The number of aromatic nitrogens is 1. The highest BCUT2D eigenvalue weighted by atomic mass is 15.1. The molecule has 1 heterocycles. The van der Waals surface area contributed by atoms with Crippen molar-refractivity contribution in [1.82, 2.24) is 4.57 Å². The second kappa shape index (κ2) is 12.5. The van der Waals surface area contributed by atoms with Gasteiger partial charge in [0.25, 0.3) is 0 Å². The number of benzene rings is 9. The van der Waals surface area contributed by atoms with Crippen LogP contribution < -0.4 is 4.90 Å². The number of para-hydroxylation sites is 2. The van der Waals surface area contributed by atoms with Gasteiger partial charge in [-0.25, -0.2) is 0 Å². The lowest BCUT2D eigenvalue weighted by atomic mass is 9.98. The van der Waals surface area contributed by atoms with E-state index in [0.29, 0.717) is 0 Å². The molecule has 10 rings (SSSR count). The van der Waals surface area contributed by atoms with Gasteiger partial charge >= 0.3 is 0 Å². The van der Waals surface area contributed by atoms with Crippen molar-refractivity contribution >= 4 is 60.4 Å². The minimum absolute atomic E-state index is 1.11. The molecule has 9 aromatic carbocycles. The molecule has 244 valence electrons. The predicted molar refractivity (Wildman–Crippen MR) is 221 cm³/mol. The van der Waals surface area contributed by atoms with E-state index >= 15 is 0 Å². The standard InChI is InChI=1S/C50H34N2/c1-2-15-41(16-3-1)51(43-29-24-38(25-30-43)46-19-10-14-37-12-6-7-17-45(37)46)42-27-21-36(22-28-42)40-26-32-50-48(34-40)47-18-8-9-20-49(47)52(50)44-31-23-35-11-4-5-13-39(35)33-44/h1-34H. The van der Waals surface area contributed by atoms with Gasteiger partial charge in [-0.15, -0.1) is 0 Å². The van der Waals surface area contributed by atoms with E-state index in [2.05, 4.69) is 216 Å². The van der Waals surface area contributed by atoms with E-state index in [4.69, 9.17) is 0 Å². The van der Waals surface area contributed by atoms with Gasteiger partial charge in [-0.1, -0.05) is 140 Å². The van der Waals surface area contributed by atoms with Crippen LogP contribution >= 0.6 is 0 Å². The summed E-state index contributed by atoms with van der Waals surface area (Å²) in [4.78, 5) is 2.33. The Labute approximate surface area is 303 Å². The van der Waals surface area contributed by atoms with Crippen molar-refractivity contribution in [3.8, 4) is 27.9 Å². The van der Waals surface area contributed by atoms with Crippen LogP contribution in [0.1, 0.15) is 0 Å². The van der Waals surface area contributed by atoms with Crippen molar-refractivity contribution in [2.75, 3.05) is 4.90 Å². The monoisotopic (exact) mass is 662 g/mol. The van der Waals surface area contributed by atoms with Crippen LogP contribution in [0.5, 0.6) is 0 Å². The van der Waals surface area contributed by atoms with Crippen LogP contribution in [0.15, 0.2) is 206 Å². The fourth-order valence-electron chi connectivity index (χ4n) is 7.84. The molecule has 0 unspecified atom stereocenters. The van der Waals surface area contributed by atoms with Crippen molar-refractivity contribution in [3.05, 3.63) is 206 Å². The van der Waals surface area contributed by atoms with Gasteiger partial charge in [0.2, 0.25) is 0 Å². The largest absolute Gasteiger partial charge is 0.311 e. The summed E-state index contributed by atoms with van der Waals surface area (Å²) in [6, 6.07) is 74.6. The minimum Gasteiger partial charge on any atom is -0.311 e. The summed E-state index contributed by atoms with van der Waals surface area (Å²) in [5, 5.41) is 7.53. The maximum Gasteiger partial charge on any atom is 0.0541 e. The van der Waals surface area contributed by atoms with E-state index < -0.39 is 0 Å². The first-order chi connectivity index (χ1) is 25.8. The summed E-state index contributed by atoms with van der Waals surface area (Å²) in [6.07, 6.45) is 0. The molecular weight excluding hydrogens is 629 g/mol. The summed E-state index contributed by atoms with van der Waals surface area (Å²) in [7, 11) is 0. The molecule has 0 spiro atoms. The molecule has 1 aromatic heterocycles. The molecular formula is C50H34N2. The van der Waals surface area contributed by atoms with Crippen LogP contribution in [0, 0.1) is 0 Å². The Morgan fingerprint density at radius 2 is 0.885 bits per heavy atom. The Morgan fingerprint density at radius 1 is 0.308 bits per heavy atom. The summed E-state index contributed by atoms with van der Waals surface area (Å²) in [5.74, 6) is 0. The van der Waals surface area contributed by atoms with Gasteiger partial charge in [0, 0.05) is 33.5 Å². The molecule has 0 atom stereocenters. The highest BCUT2D eigenvalue weighted by Crippen LogP contribution is 2.39. The van der Waals surface area contributed by atoms with Crippen LogP contribution in [0.25, 0.3) is 71.3 Å². The van der Waals surface area contributed by atoms with Crippen molar-refractivity contribution in [1.29, 1.82) is 0 Å². The molecule has 10 aromatic rings. The van der Waals surface area contributed by atoms with E-state index in [0.717, 1.165) is 17.1 Å². The molecule has 52 heavy (non-hydrogen) atoms. The lowest BCUT2D eigenvalue weighted by Crippen LogP contribution is -2.09. The Kier molecular flexibility index (Phi) is 7.18. The van der Waals surface area contributed by atoms with Crippen LogP contribution in [0.2, 0.25) is 0 Å². The normalized spacial score (nSPS) is 11.5. The number of fused-ring (bicyclic) bond motifs is 5. The van der Waals surface area contributed by atoms with E-state index in [1.54, 1.807) is 0 Å².